The first-order valence-corrected chi connectivity index (χ1v) is 6.08. The van der Waals surface area contributed by atoms with Gasteiger partial charge < -0.3 is 9.84 Å². The normalized spacial score (nSPS) is 9.79. The Bertz CT molecular complexity index is 593. The lowest BCUT2D eigenvalue weighted by Gasteiger charge is -2.06. The van der Waals surface area contributed by atoms with E-state index in [9.17, 15) is 0 Å². The monoisotopic (exact) mass is 256 g/mol. The molecule has 0 aliphatic heterocycles. The molecule has 98 valence electrons. The van der Waals surface area contributed by atoms with E-state index in [1.165, 1.54) is 0 Å². The zero-order valence-corrected chi connectivity index (χ0v) is 10.8. The molecule has 0 spiro atoms. The Morgan fingerprint density at radius 3 is 2.95 bits per heavy atom. The summed E-state index contributed by atoms with van der Waals surface area (Å²) in [7, 11) is 1.87. The lowest BCUT2D eigenvalue weighted by atomic mass is 10.2. The number of aliphatic hydroxyl groups is 1. The third-order valence-corrected chi connectivity index (χ3v) is 2.50. The van der Waals surface area contributed by atoms with Gasteiger partial charge in [-0.15, -0.1) is 0 Å². The lowest BCUT2D eigenvalue weighted by Crippen LogP contribution is -1.96. The number of nitrogens with zero attached hydrogens (tertiary/aromatic N) is 2. The van der Waals surface area contributed by atoms with E-state index in [4.69, 9.17) is 9.84 Å². The van der Waals surface area contributed by atoms with Crippen LogP contribution in [0.2, 0.25) is 0 Å². The summed E-state index contributed by atoms with van der Waals surface area (Å²) in [6.45, 7) is 0.540. The Balaban J connectivity index is 2.06. The van der Waals surface area contributed by atoms with Crippen LogP contribution >= 0.6 is 0 Å². The maximum absolute atomic E-state index is 8.72. The van der Waals surface area contributed by atoms with Crippen molar-refractivity contribution in [2.75, 3.05) is 6.61 Å². The fourth-order valence-corrected chi connectivity index (χ4v) is 1.62. The molecule has 0 fully saturated rings. The standard InChI is InChI=1S/C15H16N2O2/c1-17-11-13(10-16-17)12-19-15-8-3-2-6-14(15)7-4-5-9-18/h2-3,6,8,10-11,18H,5,9,12H2,1H3. The first-order chi connectivity index (χ1) is 9.29. The van der Waals surface area contributed by atoms with E-state index in [1.807, 2.05) is 37.5 Å². The fraction of sp³-hybridized carbons (Fsp3) is 0.267. The molecule has 0 amide bonds. The van der Waals surface area contributed by atoms with Gasteiger partial charge in [-0.2, -0.15) is 5.10 Å². The van der Waals surface area contributed by atoms with Gasteiger partial charge >= 0.3 is 0 Å². The van der Waals surface area contributed by atoms with Crippen molar-refractivity contribution >= 4 is 0 Å². The number of aliphatic hydroxyl groups excluding tert-OH is 1. The minimum Gasteiger partial charge on any atom is -0.487 e. The number of aromatic nitrogens is 2. The Morgan fingerprint density at radius 1 is 1.37 bits per heavy atom. The van der Waals surface area contributed by atoms with Gasteiger partial charge in [0.1, 0.15) is 12.4 Å². The van der Waals surface area contributed by atoms with Crippen LogP contribution in [0, 0.1) is 11.8 Å². The largest absolute Gasteiger partial charge is 0.487 e. The first kappa shape index (κ1) is 13.2. The second-order valence-corrected chi connectivity index (χ2v) is 4.08. The van der Waals surface area contributed by atoms with E-state index in [0.29, 0.717) is 13.0 Å². The van der Waals surface area contributed by atoms with Gasteiger partial charge in [0.15, 0.2) is 0 Å². The molecule has 4 heteroatoms. The van der Waals surface area contributed by atoms with Crippen molar-refractivity contribution in [1.82, 2.24) is 9.78 Å². The summed E-state index contributed by atoms with van der Waals surface area (Å²) in [5, 5.41) is 12.8. The van der Waals surface area contributed by atoms with Crippen molar-refractivity contribution in [3.05, 3.63) is 47.8 Å². The Kier molecular flexibility index (Phi) is 4.60. The molecule has 1 N–H and O–H groups in total. The van der Waals surface area contributed by atoms with Gasteiger partial charge in [-0.05, 0) is 12.1 Å². The molecule has 0 saturated carbocycles. The molecule has 0 atom stereocenters. The molecular formula is C15H16N2O2. The molecule has 0 radical (unpaired) electrons. The number of hydrogen-bond donors (Lipinski definition) is 1. The highest BCUT2D eigenvalue weighted by atomic mass is 16.5. The van der Waals surface area contributed by atoms with Crippen molar-refractivity contribution in [2.45, 2.75) is 13.0 Å². The van der Waals surface area contributed by atoms with Crippen LogP contribution in [0.15, 0.2) is 36.7 Å². The van der Waals surface area contributed by atoms with Crippen molar-refractivity contribution in [2.24, 2.45) is 7.05 Å². The van der Waals surface area contributed by atoms with E-state index in [2.05, 4.69) is 16.9 Å². The average Bonchev–Trinajstić information content (AvgIpc) is 2.84. The molecular weight excluding hydrogens is 240 g/mol. The Morgan fingerprint density at radius 2 is 2.21 bits per heavy atom. The van der Waals surface area contributed by atoms with Crippen LogP contribution in [0.4, 0.5) is 0 Å². The van der Waals surface area contributed by atoms with Crippen molar-refractivity contribution in [3.8, 4) is 17.6 Å². The van der Waals surface area contributed by atoms with Crippen LogP contribution < -0.4 is 4.74 Å². The Labute approximate surface area is 112 Å². The summed E-state index contributed by atoms with van der Waals surface area (Å²) >= 11 is 0. The lowest BCUT2D eigenvalue weighted by molar-refractivity contribution is 0.304. The van der Waals surface area contributed by atoms with Gasteiger partial charge in [0.05, 0.1) is 18.4 Å². The second kappa shape index (κ2) is 6.62. The van der Waals surface area contributed by atoms with Crippen LogP contribution in [0.25, 0.3) is 0 Å². The van der Waals surface area contributed by atoms with E-state index in [0.717, 1.165) is 16.9 Å². The SMILES string of the molecule is Cn1cc(COc2ccccc2C#CCCO)cn1. The number of ether oxygens (including phenoxy) is 1. The summed E-state index contributed by atoms with van der Waals surface area (Å²) in [6.07, 6.45) is 4.16. The minimum atomic E-state index is 0.0751. The Hall–Kier alpha value is -2.25. The molecule has 1 aromatic heterocycles. The zero-order chi connectivity index (χ0) is 13.5. The van der Waals surface area contributed by atoms with Crippen LogP contribution in [-0.4, -0.2) is 21.5 Å². The van der Waals surface area contributed by atoms with Gasteiger partial charge in [0.25, 0.3) is 0 Å². The predicted octanol–water partition coefficient (Wildman–Crippen LogP) is 1.73. The van der Waals surface area contributed by atoms with E-state index in [1.54, 1.807) is 10.9 Å². The minimum absolute atomic E-state index is 0.0751. The molecule has 1 aromatic carbocycles. The number of aryl methyl sites for hydroxylation is 1. The summed E-state index contributed by atoms with van der Waals surface area (Å²) < 4.78 is 7.49. The van der Waals surface area contributed by atoms with Gasteiger partial charge in [0, 0.05) is 25.2 Å². The fourth-order valence-electron chi connectivity index (χ4n) is 1.62. The first-order valence-electron chi connectivity index (χ1n) is 6.08. The van der Waals surface area contributed by atoms with E-state index < -0.39 is 0 Å². The van der Waals surface area contributed by atoms with Crippen LogP contribution in [0.3, 0.4) is 0 Å². The van der Waals surface area contributed by atoms with Gasteiger partial charge in [-0.25, -0.2) is 0 Å². The summed E-state index contributed by atoms with van der Waals surface area (Å²) in [5.41, 5.74) is 1.85. The molecule has 1 heterocycles. The highest BCUT2D eigenvalue weighted by Gasteiger charge is 2.02. The summed E-state index contributed by atoms with van der Waals surface area (Å²) in [4.78, 5) is 0. The number of rotatable bonds is 4. The molecule has 2 rings (SSSR count). The molecule has 0 aliphatic rings. The predicted molar refractivity (Wildman–Crippen MR) is 72.6 cm³/mol. The summed E-state index contributed by atoms with van der Waals surface area (Å²) in [5.74, 6) is 6.64. The van der Waals surface area contributed by atoms with Crippen molar-refractivity contribution in [1.29, 1.82) is 0 Å². The maximum Gasteiger partial charge on any atom is 0.135 e. The third kappa shape index (κ3) is 3.87. The number of para-hydroxylation sites is 1. The highest BCUT2D eigenvalue weighted by molar-refractivity contribution is 5.45. The molecule has 0 aliphatic carbocycles. The molecule has 4 nitrogen and oxygen atoms in total. The molecule has 0 saturated heterocycles. The number of benzene rings is 1. The smallest absolute Gasteiger partial charge is 0.135 e. The van der Waals surface area contributed by atoms with E-state index >= 15 is 0 Å². The molecule has 19 heavy (non-hydrogen) atoms. The van der Waals surface area contributed by atoms with Crippen LogP contribution in [-0.2, 0) is 13.7 Å². The molecule has 0 bridgehead atoms. The van der Waals surface area contributed by atoms with E-state index in [-0.39, 0.29) is 6.61 Å². The topological polar surface area (TPSA) is 47.3 Å². The summed E-state index contributed by atoms with van der Waals surface area (Å²) in [6, 6.07) is 7.62. The van der Waals surface area contributed by atoms with Gasteiger partial charge in [-0.3, -0.25) is 4.68 Å². The van der Waals surface area contributed by atoms with Crippen LogP contribution in [0.1, 0.15) is 17.5 Å². The highest BCUT2D eigenvalue weighted by Crippen LogP contribution is 2.18. The third-order valence-electron chi connectivity index (χ3n) is 2.50. The quantitative estimate of drug-likeness (QED) is 0.847. The van der Waals surface area contributed by atoms with Crippen LogP contribution in [0.5, 0.6) is 5.75 Å². The molecule has 0 unspecified atom stereocenters. The molecule has 2 aromatic rings. The second-order valence-electron chi connectivity index (χ2n) is 4.08. The van der Waals surface area contributed by atoms with Crippen molar-refractivity contribution < 1.29 is 9.84 Å². The van der Waals surface area contributed by atoms with Gasteiger partial charge in [0.2, 0.25) is 0 Å². The average molecular weight is 256 g/mol. The number of hydrogen-bond acceptors (Lipinski definition) is 3. The maximum atomic E-state index is 8.72. The van der Waals surface area contributed by atoms with Crippen molar-refractivity contribution in [3.63, 3.8) is 0 Å². The zero-order valence-electron chi connectivity index (χ0n) is 10.8. The van der Waals surface area contributed by atoms with Gasteiger partial charge in [-0.1, -0.05) is 24.0 Å².